The number of carbonyl (C=O) groups excluding carboxylic acids is 1. The van der Waals surface area contributed by atoms with E-state index in [0.717, 1.165) is 38.5 Å². The van der Waals surface area contributed by atoms with Crippen molar-refractivity contribution in [2.75, 3.05) is 13.2 Å². The summed E-state index contributed by atoms with van der Waals surface area (Å²) < 4.78 is 11.2. The van der Waals surface area contributed by atoms with Crippen LogP contribution in [-0.4, -0.2) is 87.5 Å². The van der Waals surface area contributed by atoms with E-state index in [0.29, 0.717) is 6.42 Å². The number of hydrogen-bond donors (Lipinski definition) is 6. The van der Waals surface area contributed by atoms with Crippen molar-refractivity contribution in [3.05, 3.63) is 23.8 Å². The Morgan fingerprint density at radius 3 is 1.74 bits per heavy atom. The first kappa shape index (κ1) is 46.7. The van der Waals surface area contributed by atoms with E-state index in [9.17, 15) is 30.3 Å². The number of allylic oxidation sites excluding steroid dienone is 3. The van der Waals surface area contributed by atoms with Crippen LogP contribution in [-0.2, 0) is 14.3 Å². The van der Waals surface area contributed by atoms with Gasteiger partial charge in [0.25, 0.3) is 0 Å². The Hall–Kier alpha value is -1.33. The topological polar surface area (TPSA) is 149 Å². The van der Waals surface area contributed by atoms with Crippen LogP contribution in [0.5, 0.6) is 0 Å². The first-order valence-corrected chi connectivity index (χ1v) is 20.5. The Balaban J connectivity index is 2.51. The van der Waals surface area contributed by atoms with Crippen molar-refractivity contribution in [2.24, 2.45) is 0 Å². The van der Waals surface area contributed by atoms with E-state index in [1.165, 1.54) is 115 Å². The zero-order chi connectivity index (χ0) is 36.8. The maximum Gasteiger partial charge on any atom is 0.220 e. The van der Waals surface area contributed by atoms with Crippen LogP contribution in [0.1, 0.15) is 175 Å². The summed E-state index contributed by atoms with van der Waals surface area (Å²) >= 11 is 0. The number of carbonyl (C=O) groups is 1. The number of rotatable bonds is 32. The molecule has 0 saturated carbocycles. The zero-order valence-electron chi connectivity index (χ0n) is 32.1. The van der Waals surface area contributed by atoms with Gasteiger partial charge in [-0.05, 0) is 39.0 Å². The SMILES string of the molecule is CCCCCCCCCCCCCCCC(=O)NC(CO[C@H]1OC(CO)[C@@H](O)C(O)C1O)C(O)/C=C/CC/C=C(\C)CCCCCCCCC. The third kappa shape index (κ3) is 22.6. The zero-order valence-corrected chi connectivity index (χ0v) is 32.1. The highest BCUT2D eigenvalue weighted by Crippen LogP contribution is 2.22. The Labute approximate surface area is 305 Å². The summed E-state index contributed by atoms with van der Waals surface area (Å²) in [5.74, 6) is -0.188. The lowest BCUT2D eigenvalue weighted by atomic mass is 9.99. The molecule has 7 atom stereocenters. The van der Waals surface area contributed by atoms with Gasteiger partial charge < -0.3 is 40.3 Å². The number of aliphatic hydroxyl groups is 5. The molecule has 0 radical (unpaired) electrons. The minimum atomic E-state index is -1.57. The van der Waals surface area contributed by atoms with Crippen LogP contribution < -0.4 is 5.32 Å². The van der Waals surface area contributed by atoms with Crippen molar-refractivity contribution >= 4 is 5.91 Å². The van der Waals surface area contributed by atoms with Crippen LogP contribution in [0.2, 0.25) is 0 Å². The molecule has 0 aromatic heterocycles. The summed E-state index contributed by atoms with van der Waals surface area (Å²) in [6, 6.07) is -0.817. The van der Waals surface area contributed by atoms with Gasteiger partial charge in [0, 0.05) is 6.42 Å². The number of nitrogens with one attached hydrogen (secondary N) is 1. The van der Waals surface area contributed by atoms with Gasteiger partial charge in [0.15, 0.2) is 6.29 Å². The predicted molar refractivity (Wildman–Crippen MR) is 203 cm³/mol. The maximum atomic E-state index is 12.9. The molecule has 5 unspecified atom stereocenters. The summed E-state index contributed by atoms with van der Waals surface area (Å²) in [5, 5.41) is 54.0. The van der Waals surface area contributed by atoms with Gasteiger partial charge in [0.1, 0.15) is 24.4 Å². The van der Waals surface area contributed by atoms with Crippen LogP contribution in [0.15, 0.2) is 23.8 Å². The number of unbranched alkanes of at least 4 members (excludes halogenated alkanes) is 19. The van der Waals surface area contributed by atoms with Gasteiger partial charge >= 0.3 is 0 Å². The summed E-state index contributed by atoms with van der Waals surface area (Å²) in [6.45, 7) is 5.90. The quantitative estimate of drug-likeness (QED) is 0.0310. The highest BCUT2D eigenvalue weighted by Gasteiger charge is 2.44. The van der Waals surface area contributed by atoms with E-state index in [1.807, 2.05) is 6.08 Å². The third-order valence-electron chi connectivity index (χ3n) is 9.89. The van der Waals surface area contributed by atoms with Gasteiger partial charge in [-0.15, -0.1) is 0 Å². The lowest BCUT2D eigenvalue weighted by molar-refractivity contribution is -0.302. The molecular weight excluding hydrogens is 634 g/mol. The molecule has 1 aliphatic rings. The van der Waals surface area contributed by atoms with E-state index >= 15 is 0 Å². The molecule has 9 heteroatoms. The first-order valence-electron chi connectivity index (χ1n) is 20.5. The predicted octanol–water partition coefficient (Wildman–Crippen LogP) is 7.55. The highest BCUT2D eigenvalue weighted by atomic mass is 16.7. The standard InChI is InChI=1S/C41H77NO8/c1-4-6-8-10-12-13-14-15-16-17-19-21-26-30-37(45)42-34(32-49-41-40(48)39(47)38(46)36(31-43)50-41)35(44)29-25-22-24-28-33(3)27-23-20-18-11-9-7-5-2/h25,28-29,34-36,38-41,43-44,46-48H,4-24,26-27,30-32H2,1-3H3,(H,42,45)/b29-25+,33-28+/t34?,35?,36?,38-,39?,40?,41+/m1/s1. The van der Waals surface area contributed by atoms with Crippen LogP contribution >= 0.6 is 0 Å². The van der Waals surface area contributed by atoms with E-state index < -0.39 is 49.5 Å². The second-order valence-electron chi connectivity index (χ2n) is 14.6. The molecule has 0 bridgehead atoms. The number of ether oxygens (including phenoxy) is 2. The Kier molecular flexibility index (Phi) is 29.2. The molecular formula is C41H77NO8. The van der Waals surface area contributed by atoms with Crippen molar-refractivity contribution in [3.63, 3.8) is 0 Å². The average Bonchev–Trinajstić information content (AvgIpc) is 3.11. The lowest BCUT2D eigenvalue weighted by Gasteiger charge is -2.40. The van der Waals surface area contributed by atoms with Gasteiger partial charge in [-0.25, -0.2) is 0 Å². The molecule has 294 valence electrons. The molecule has 50 heavy (non-hydrogen) atoms. The average molecular weight is 712 g/mol. The second kappa shape index (κ2) is 31.2. The van der Waals surface area contributed by atoms with Gasteiger partial charge in [-0.3, -0.25) is 4.79 Å². The number of amides is 1. The van der Waals surface area contributed by atoms with E-state index in [1.54, 1.807) is 6.08 Å². The van der Waals surface area contributed by atoms with Crippen molar-refractivity contribution in [1.29, 1.82) is 0 Å². The first-order chi connectivity index (χ1) is 24.2. The fraction of sp³-hybridized carbons (Fsp3) is 0.878. The van der Waals surface area contributed by atoms with Crippen molar-refractivity contribution in [2.45, 2.75) is 218 Å². The van der Waals surface area contributed by atoms with Crippen LogP contribution in [0, 0.1) is 0 Å². The molecule has 1 heterocycles. The monoisotopic (exact) mass is 712 g/mol. The molecule has 0 spiro atoms. The number of hydrogen-bond acceptors (Lipinski definition) is 8. The molecule has 1 amide bonds. The summed E-state index contributed by atoms with van der Waals surface area (Å²) in [4.78, 5) is 12.9. The molecule has 0 aromatic rings. The molecule has 0 aliphatic carbocycles. The molecule has 1 fully saturated rings. The van der Waals surface area contributed by atoms with Gasteiger partial charge in [-0.1, -0.05) is 153 Å². The second-order valence-corrected chi connectivity index (χ2v) is 14.6. The van der Waals surface area contributed by atoms with Crippen molar-refractivity contribution in [1.82, 2.24) is 5.32 Å². The molecule has 1 aliphatic heterocycles. The van der Waals surface area contributed by atoms with E-state index in [-0.39, 0.29) is 12.5 Å². The third-order valence-corrected chi connectivity index (χ3v) is 9.89. The number of aliphatic hydroxyl groups excluding tert-OH is 5. The minimum absolute atomic E-state index is 0.188. The van der Waals surface area contributed by atoms with Crippen molar-refractivity contribution < 1.29 is 39.8 Å². The molecule has 1 rings (SSSR count). The molecule has 1 saturated heterocycles. The minimum Gasteiger partial charge on any atom is -0.394 e. The summed E-state index contributed by atoms with van der Waals surface area (Å²) in [5.41, 5.74) is 1.39. The van der Waals surface area contributed by atoms with E-state index in [2.05, 4.69) is 32.2 Å². The summed E-state index contributed by atoms with van der Waals surface area (Å²) in [7, 11) is 0. The van der Waals surface area contributed by atoms with Gasteiger partial charge in [0.05, 0.1) is 25.4 Å². The fourth-order valence-corrected chi connectivity index (χ4v) is 6.47. The van der Waals surface area contributed by atoms with Gasteiger partial charge in [-0.2, -0.15) is 0 Å². The normalized spacial score (nSPS) is 22.6. The summed E-state index contributed by atoms with van der Waals surface area (Å²) in [6.07, 6.45) is 25.8. The molecule has 6 N–H and O–H groups in total. The Morgan fingerprint density at radius 1 is 0.720 bits per heavy atom. The van der Waals surface area contributed by atoms with Crippen LogP contribution in [0.3, 0.4) is 0 Å². The smallest absolute Gasteiger partial charge is 0.220 e. The Bertz CT molecular complexity index is 866. The van der Waals surface area contributed by atoms with Crippen molar-refractivity contribution in [3.8, 4) is 0 Å². The van der Waals surface area contributed by atoms with Crippen LogP contribution in [0.25, 0.3) is 0 Å². The van der Waals surface area contributed by atoms with E-state index in [4.69, 9.17) is 9.47 Å². The largest absolute Gasteiger partial charge is 0.394 e. The van der Waals surface area contributed by atoms with Gasteiger partial charge in [0.2, 0.25) is 5.91 Å². The van der Waals surface area contributed by atoms with Crippen LogP contribution in [0.4, 0.5) is 0 Å². The highest BCUT2D eigenvalue weighted by molar-refractivity contribution is 5.76. The Morgan fingerprint density at radius 2 is 1.22 bits per heavy atom. The maximum absolute atomic E-state index is 12.9. The molecule has 9 nitrogen and oxygen atoms in total. The fourth-order valence-electron chi connectivity index (χ4n) is 6.47. The molecule has 0 aromatic carbocycles. The lowest BCUT2D eigenvalue weighted by Crippen LogP contribution is -2.60.